The summed E-state index contributed by atoms with van der Waals surface area (Å²) >= 11 is 1.29. The van der Waals surface area contributed by atoms with Crippen LogP contribution in [-0.2, 0) is 21.2 Å². The maximum Gasteiger partial charge on any atom is 0.262 e. The topological polar surface area (TPSA) is 117 Å². The minimum atomic E-state index is -3.82. The first-order chi connectivity index (χ1) is 16.4. The molecule has 8 nitrogen and oxygen atoms in total. The highest BCUT2D eigenvalue weighted by molar-refractivity contribution is 7.90. The smallest absolute Gasteiger partial charge is 0.262 e. The Hall–Kier alpha value is -3.50. The van der Waals surface area contributed by atoms with Gasteiger partial charge in [0.05, 0.1) is 9.77 Å². The second-order valence-electron chi connectivity index (χ2n) is 7.75. The van der Waals surface area contributed by atoms with E-state index in [1.54, 1.807) is 29.6 Å². The first kappa shape index (κ1) is 23.7. The maximum absolute atomic E-state index is 13.2. The summed E-state index contributed by atoms with van der Waals surface area (Å²) in [4.78, 5) is 30.5. The van der Waals surface area contributed by atoms with Gasteiger partial charge in [-0.05, 0) is 41.6 Å². The number of aliphatic imine (C=N–C) groups is 1. The van der Waals surface area contributed by atoms with E-state index in [2.05, 4.69) is 20.3 Å². The van der Waals surface area contributed by atoms with Gasteiger partial charge in [-0.1, -0.05) is 42.5 Å². The Balaban J connectivity index is 1.51. The van der Waals surface area contributed by atoms with E-state index >= 15 is 0 Å². The van der Waals surface area contributed by atoms with Gasteiger partial charge >= 0.3 is 0 Å². The van der Waals surface area contributed by atoms with Crippen LogP contribution in [0.15, 0.2) is 82.0 Å². The molecular formula is C24H24N4O4S2. The number of carbonyl (C=O) groups excluding carboxylic acids is 2. The summed E-state index contributed by atoms with van der Waals surface area (Å²) in [6.07, 6.45) is 1.68. The highest BCUT2D eigenvalue weighted by Gasteiger charge is 2.24. The lowest BCUT2D eigenvalue weighted by atomic mass is 10.0. The Morgan fingerprint density at radius 3 is 2.56 bits per heavy atom. The van der Waals surface area contributed by atoms with Crippen molar-refractivity contribution in [2.24, 2.45) is 4.99 Å². The van der Waals surface area contributed by atoms with Crippen LogP contribution in [-0.4, -0.2) is 38.7 Å². The second kappa shape index (κ2) is 10.6. The van der Waals surface area contributed by atoms with E-state index in [1.807, 2.05) is 30.3 Å². The van der Waals surface area contributed by atoms with Crippen molar-refractivity contribution in [1.29, 1.82) is 0 Å². The number of amidine groups is 1. The van der Waals surface area contributed by atoms with Crippen molar-refractivity contribution < 1.29 is 18.0 Å². The van der Waals surface area contributed by atoms with E-state index in [9.17, 15) is 18.0 Å². The summed E-state index contributed by atoms with van der Waals surface area (Å²) < 4.78 is 27.9. The molecule has 2 amide bonds. The average Bonchev–Trinajstić information content (AvgIpc) is 3.54. The molecule has 0 fully saturated rings. The molecule has 0 spiro atoms. The van der Waals surface area contributed by atoms with Crippen LogP contribution in [0.4, 0.5) is 5.69 Å². The third kappa shape index (κ3) is 6.09. The molecule has 2 aromatic carbocycles. The number of sulfonamides is 1. The van der Waals surface area contributed by atoms with Gasteiger partial charge in [0.15, 0.2) is 0 Å². The summed E-state index contributed by atoms with van der Waals surface area (Å²) in [6, 6.07) is 17.9. The third-order valence-corrected chi connectivity index (χ3v) is 7.44. The highest BCUT2D eigenvalue weighted by atomic mass is 32.2. The van der Waals surface area contributed by atoms with E-state index in [1.165, 1.54) is 23.5 Å². The molecule has 1 aliphatic rings. The van der Waals surface area contributed by atoms with Crippen molar-refractivity contribution in [2.45, 2.75) is 30.2 Å². The number of hydrogen-bond acceptors (Lipinski definition) is 6. The monoisotopic (exact) mass is 496 g/mol. The van der Waals surface area contributed by atoms with Gasteiger partial charge in [-0.15, -0.1) is 11.3 Å². The molecule has 34 heavy (non-hydrogen) atoms. The fourth-order valence-corrected chi connectivity index (χ4v) is 5.26. The number of benzene rings is 2. The Morgan fingerprint density at radius 1 is 1.03 bits per heavy atom. The van der Waals surface area contributed by atoms with E-state index in [4.69, 9.17) is 0 Å². The van der Waals surface area contributed by atoms with Crippen LogP contribution in [0.5, 0.6) is 0 Å². The Kier molecular flexibility index (Phi) is 7.39. The van der Waals surface area contributed by atoms with Crippen molar-refractivity contribution in [3.8, 4) is 0 Å². The first-order valence-electron chi connectivity index (χ1n) is 10.8. The summed E-state index contributed by atoms with van der Waals surface area (Å²) in [7, 11) is -3.82. The van der Waals surface area contributed by atoms with Gasteiger partial charge < -0.3 is 10.6 Å². The van der Waals surface area contributed by atoms with E-state index in [-0.39, 0.29) is 17.2 Å². The minimum Gasteiger partial charge on any atom is -0.339 e. The van der Waals surface area contributed by atoms with Crippen LogP contribution in [0, 0.1) is 0 Å². The molecule has 1 aliphatic heterocycles. The molecule has 176 valence electrons. The molecule has 3 N–H and O–H groups in total. The quantitative estimate of drug-likeness (QED) is 0.444. The molecule has 0 radical (unpaired) electrons. The summed E-state index contributed by atoms with van der Waals surface area (Å²) in [5, 5.41) is 7.33. The van der Waals surface area contributed by atoms with Crippen LogP contribution >= 0.6 is 11.3 Å². The number of carbonyl (C=O) groups is 2. The zero-order valence-corrected chi connectivity index (χ0v) is 19.9. The van der Waals surface area contributed by atoms with Gasteiger partial charge in [-0.2, -0.15) is 0 Å². The average molecular weight is 497 g/mol. The van der Waals surface area contributed by atoms with Gasteiger partial charge in [0, 0.05) is 25.1 Å². The molecule has 1 aromatic heterocycles. The zero-order valence-electron chi connectivity index (χ0n) is 18.2. The second-order valence-corrected chi connectivity index (χ2v) is 10.4. The Morgan fingerprint density at radius 2 is 1.85 bits per heavy atom. The predicted molar refractivity (Wildman–Crippen MR) is 133 cm³/mol. The summed E-state index contributed by atoms with van der Waals surface area (Å²) in [5.41, 5.74) is 1.19. The van der Waals surface area contributed by atoms with Gasteiger partial charge in [0.2, 0.25) is 5.91 Å². The molecule has 4 rings (SSSR count). The van der Waals surface area contributed by atoms with Gasteiger partial charge in [-0.25, -0.2) is 8.42 Å². The molecule has 0 bridgehead atoms. The summed E-state index contributed by atoms with van der Waals surface area (Å²) in [6.45, 7) is 0.605. The maximum atomic E-state index is 13.2. The molecule has 2 heterocycles. The van der Waals surface area contributed by atoms with Crippen LogP contribution in [0.3, 0.4) is 0 Å². The van der Waals surface area contributed by atoms with E-state index in [0.717, 1.165) is 12.0 Å². The van der Waals surface area contributed by atoms with E-state index < -0.39 is 22.0 Å². The van der Waals surface area contributed by atoms with Gasteiger partial charge in [-0.3, -0.25) is 19.3 Å². The van der Waals surface area contributed by atoms with Crippen molar-refractivity contribution in [2.75, 3.05) is 11.9 Å². The first-order valence-corrected chi connectivity index (χ1v) is 13.1. The van der Waals surface area contributed by atoms with Crippen molar-refractivity contribution in [3.05, 3.63) is 82.6 Å². The largest absolute Gasteiger partial charge is 0.339 e. The fourth-order valence-electron chi connectivity index (χ4n) is 3.50. The van der Waals surface area contributed by atoms with Crippen LogP contribution in [0.2, 0.25) is 0 Å². The molecule has 0 unspecified atom stereocenters. The molecule has 0 aliphatic carbocycles. The molecule has 3 aromatic rings. The molecular weight excluding hydrogens is 472 g/mol. The number of amides is 2. The lowest BCUT2D eigenvalue weighted by Gasteiger charge is -2.19. The molecule has 0 saturated carbocycles. The number of hydrogen-bond donors (Lipinski definition) is 3. The summed E-state index contributed by atoms with van der Waals surface area (Å²) in [5.74, 6) is -0.353. The van der Waals surface area contributed by atoms with Crippen LogP contribution in [0.25, 0.3) is 0 Å². The lowest BCUT2D eigenvalue weighted by Crippen LogP contribution is -2.45. The number of anilines is 1. The normalized spacial score (nSPS) is 14.2. The number of nitrogens with one attached hydrogen (secondary N) is 3. The SMILES string of the molecule is O=C(N[C@H](Cc1ccccc1)C(=O)Nc1cccc(S(=O)(=O)NC2=NCCC2)c1)c1cccs1. The van der Waals surface area contributed by atoms with Crippen LogP contribution in [0.1, 0.15) is 28.1 Å². The molecule has 0 saturated heterocycles. The predicted octanol–water partition coefficient (Wildman–Crippen LogP) is 3.20. The number of thiophene rings is 1. The third-order valence-electron chi connectivity index (χ3n) is 5.19. The minimum absolute atomic E-state index is 0.0159. The van der Waals surface area contributed by atoms with E-state index in [0.29, 0.717) is 29.4 Å². The molecule has 10 heteroatoms. The van der Waals surface area contributed by atoms with Crippen LogP contribution < -0.4 is 15.4 Å². The van der Waals surface area contributed by atoms with Crippen molar-refractivity contribution in [1.82, 2.24) is 10.0 Å². The highest BCUT2D eigenvalue weighted by Crippen LogP contribution is 2.18. The standard InChI is InChI=1S/C24H24N4O4S2/c29-23(20(15-17-7-2-1-3-8-17)27-24(30)21-11-6-14-33-21)26-18-9-4-10-19(16-18)34(31,32)28-22-12-5-13-25-22/h1-4,6-11,14,16,20H,5,12-13,15H2,(H,25,28)(H,26,29)(H,27,30)/t20-/m1/s1. The number of nitrogens with zero attached hydrogens (tertiary/aromatic N) is 1. The fraction of sp³-hybridized carbons (Fsp3) is 0.208. The van der Waals surface area contributed by atoms with Gasteiger partial charge in [0.25, 0.3) is 15.9 Å². The number of rotatable bonds is 8. The molecule has 1 atom stereocenters. The van der Waals surface area contributed by atoms with Crippen molar-refractivity contribution >= 4 is 44.7 Å². The zero-order chi connectivity index (χ0) is 24.0. The van der Waals surface area contributed by atoms with Crippen molar-refractivity contribution in [3.63, 3.8) is 0 Å². The van der Waals surface area contributed by atoms with Gasteiger partial charge in [0.1, 0.15) is 11.9 Å². The Bertz CT molecular complexity index is 1290. The Labute approximate surface area is 202 Å². The lowest BCUT2D eigenvalue weighted by molar-refractivity contribution is -0.118.